The topological polar surface area (TPSA) is 361 Å². The average Bonchev–Trinajstić information content (AvgIpc) is 1.51. The van der Waals surface area contributed by atoms with Gasteiger partial charge in [0.2, 0.25) is 6.29 Å². The molecular weight excluding hydrogens is 1230 g/mol. The van der Waals surface area contributed by atoms with E-state index in [4.69, 9.17) is 18.9 Å². The van der Waals surface area contributed by atoms with Gasteiger partial charge in [-0.15, -0.1) is 0 Å². The van der Waals surface area contributed by atoms with Crippen LogP contribution in [0.15, 0.2) is 182 Å². The summed E-state index contributed by atoms with van der Waals surface area (Å²) in [4.78, 5) is 0. The van der Waals surface area contributed by atoms with Crippen LogP contribution < -0.4 is 14.2 Å². The summed E-state index contributed by atoms with van der Waals surface area (Å²) in [6.07, 6.45) is -10.6. The summed E-state index contributed by atoms with van der Waals surface area (Å²) in [6.45, 7) is -0.747. The highest BCUT2D eigenvalue weighted by molar-refractivity contribution is 5.77. The third-order valence-electron chi connectivity index (χ3n) is 19.8. The highest BCUT2D eigenvalue weighted by Gasteiger charge is 2.59. The summed E-state index contributed by atoms with van der Waals surface area (Å²) in [5.74, 6) is -9.40. The number of rotatable bonds is 13. The van der Waals surface area contributed by atoms with Crippen molar-refractivity contribution in [2.24, 2.45) is 0 Å². The van der Waals surface area contributed by atoms with Crippen LogP contribution in [0.5, 0.6) is 86.2 Å². The SMILES string of the molecule is OCC1OC(Oc2cc(O)cc(CC(c3ccc(O)cc3)c3c(O)c4c5c6c3OC(c3ccc(O)cc3)C6c3cc(O)cc(O)c3C(c3ccc(O)cc3)C5C(c3ccc(O)cc3)C4c3cc(O)cc4c3C(c3cc(O)cc(O)c3)C(c3ccc(O)cc3)O4)c2)C(O)C(O)C1O. The van der Waals surface area contributed by atoms with Gasteiger partial charge < -0.3 is 101 Å². The van der Waals surface area contributed by atoms with Gasteiger partial charge in [0.1, 0.15) is 123 Å². The fourth-order valence-corrected chi connectivity index (χ4v) is 15.9. The maximum absolute atomic E-state index is 14.7. The van der Waals surface area contributed by atoms with E-state index in [9.17, 15) is 81.7 Å². The molecule has 3 heterocycles. The highest BCUT2D eigenvalue weighted by atomic mass is 16.7. The standard InChI is InChI=1S/C76H64O20/c77-32-56-69(89)71(91)72(92)76(95-56)93-50-22-33(21-45(83)27-50)23-51(34-1-11-40(78)12-2-34)64-70(90)67-62(53-29-49(87)31-55-61(53)59(39-24-46(84)26-47(85)25-39)73(94-55)37-7-17-43(81)18-8-37)58(36-5-15-42(80)16-6-36)65-57(35-3-13-41(79)14-4-35)60-52(28-48(86)30-54(60)88)63-68(66(65)67)75(64)96-74(63)38-9-19-44(82)20-10-38/h1-22,24-31,51,56-59,62-63,65,69,71-74,76-92H,23,32H2. The van der Waals surface area contributed by atoms with E-state index >= 15 is 0 Å². The molecule has 0 amide bonds. The van der Waals surface area contributed by atoms with Gasteiger partial charge in [-0.1, -0.05) is 60.7 Å². The van der Waals surface area contributed by atoms with Crippen LogP contribution in [0.25, 0.3) is 0 Å². The molecule has 10 aromatic carbocycles. The Morgan fingerprint density at radius 1 is 0.385 bits per heavy atom. The van der Waals surface area contributed by atoms with Crippen molar-refractivity contribution in [3.8, 4) is 86.2 Å². The van der Waals surface area contributed by atoms with E-state index in [1.54, 1.807) is 72.8 Å². The molecule has 1 fully saturated rings. The number of hydrogen-bond donors (Lipinski definition) is 16. The van der Waals surface area contributed by atoms with Gasteiger partial charge in [-0.3, -0.25) is 0 Å². The molecule has 3 aliphatic heterocycles. The Morgan fingerprint density at radius 3 is 1.50 bits per heavy atom. The zero-order valence-electron chi connectivity index (χ0n) is 50.6. The van der Waals surface area contributed by atoms with E-state index in [0.29, 0.717) is 72.3 Å². The molecule has 2 aliphatic carbocycles. The van der Waals surface area contributed by atoms with E-state index in [1.165, 1.54) is 109 Å². The predicted octanol–water partition coefficient (Wildman–Crippen LogP) is 10.4. The van der Waals surface area contributed by atoms with Crippen LogP contribution in [0.1, 0.15) is 137 Å². The van der Waals surface area contributed by atoms with Gasteiger partial charge in [0, 0.05) is 81.7 Å². The van der Waals surface area contributed by atoms with Crippen LogP contribution in [-0.2, 0) is 11.2 Å². The highest BCUT2D eigenvalue weighted by Crippen LogP contribution is 2.73. The number of aromatic hydroxyl groups is 12. The normalized spacial score (nSPS) is 24.6. The first-order valence-electron chi connectivity index (χ1n) is 31.2. The first kappa shape index (κ1) is 61.2. The Bertz CT molecular complexity index is 4630. The summed E-state index contributed by atoms with van der Waals surface area (Å²) in [6, 6.07) is 46.1. The minimum atomic E-state index is -1.83. The van der Waals surface area contributed by atoms with Gasteiger partial charge in [0.15, 0.2) is 0 Å². The van der Waals surface area contributed by atoms with Crippen molar-refractivity contribution < 1.29 is 101 Å². The van der Waals surface area contributed by atoms with E-state index in [2.05, 4.69) is 0 Å². The van der Waals surface area contributed by atoms with Crippen LogP contribution >= 0.6 is 0 Å². The molecule has 488 valence electrons. The molecule has 20 heteroatoms. The summed E-state index contributed by atoms with van der Waals surface area (Å²) < 4.78 is 26.4. The maximum atomic E-state index is 14.7. The third-order valence-corrected chi connectivity index (χ3v) is 19.8. The number of phenols is 12. The number of ether oxygens (including phenoxy) is 4. The molecule has 10 aromatic rings. The number of aliphatic hydroxyl groups is 4. The second-order valence-corrected chi connectivity index (χ2v) is 25.4. The third kappa shape index (κ3) is 10.3. The lowest BCUT2D eigenvalue weighted by atomic mass is 9.68. The minimum Gasteiger partial charge on any atom is -0.508 e. The van der Waals surface area contributed by atoms with E-state index in [1.807, 2.05) is 0 Å². The molecule has 14 atom stereocenters. The Labute approximate surface area is 547 Å². The molecule has 16 N–H and O–H groups in total. The van der Waals surface area contributed by atoms with Gasteiger partial charge in [0.25, 0.3) is 0 Å². The van der Waals surface area contributed by atoms with E-state index in [-0.39, 0.29) is 104 Å². The fraction of sp³-hybridized carbons (Fsp3) is 0.211. The van der Waals surface area contributed by atoms with Crippen LogP contribution in [-0.4, -0.2) is 119 Å². The van der Waals surface area contributed by atoms with Crippen molar-refractivity contribution in [2.45, 2.75) is 90.8 Å². The Kier molecular flexibility index (Phi) is 15.0. The second-order valence-electron chi connectivity index (χ2n) is 25.4. The smallest absolute Gasteiger partial charge is 0.229 e. The summed E-state index contributed by atoms with van der Waals surface area (Å²) in [5, 5.41) is 184. The van der Waals surface area contributed by atoms with Crippen molar-refractivity contribution in [3.05, 3.63) is 265 Å². The van der Waals surface area contributed by atoms with Crippen LogP contribution in [0.4, 0.5) is 0 Å². The van der Waals surface area contributed by atoms with Crippen LogP contribution in [0.3, 0.4) is 0 Å². The number of phenolic OH excluding ortho intramolecular Hbond substituents is 12. The largest absolute Gasteiger partial charge is 0.508 e. The molecule has 1 saturated heterocycles. The zero-order chi connectivity index (χ0) is 66.9. The fourth-order valence-electron chi connectivity index (χ4n) is 15.9. The molecule has 5 aliphatic rings. The van der Waals surface area contributed by atoms with Crippen LogP contribution in [0, 0.1) is 0 Å². The van der Waals surface area contributed by atoms with E-state index < -0.39 is 90.9 Å². The molecule has 0 bridgehead atoms. The number of fused-ring (bicyclic) bond motifs is 3. The molecule has 15 rings (SSSR count). The lowest BCUT2D eigenvalue weighted by molar-refractivity contribution is -0.277. The predicted molar refractivity (Wildman–Crippen MR) is 344 cm³/mol. The van der Waals surface area contributed by atoms with Gasteiger partial charge >= 0.3 is 0 Å². The average molecular weight is 1300 g/mol. The van der Waals surface area contributed by atoms with Crippen molar-refractivity contribution in [1.82, 2.24) is 0 Å². The Hall–Kier alpha value is -11.0. The number of benzene rings is 10. The molecule has 14 unspecified atom stereocenters. The number of hydrogen-bond acceptors (Lipinski definition) is 20. The minimum absolute atomic E-state index is 0.0396. The Balaban J connectivity index is 1.07. The molecular formula is C76H64O20. The molecule has 0 radical (unpaired) electrons. The Morgan fingerprint density at radius 2 is 0.906 bits per heavy atom. The van der Waals surface area contributed by atoms with Crippen molar-refractivity contribution in [2.75, 3.05) is 6.61 Å². The molecule has 0 spiro atoms. The zero-order valence-corrected chi connectivity index (χ0v) is 50.6. The second kappa shape index (κ2) is 23.5. The quantitative estimate of drug-likeness (QED) is 0.0510. The maximum Gasteiger partial charge on any atom is 0.229 e. The number of aliphatic hydroxyl groups excluding tert-OH is 4. The lowest BCUT2D eigenvalue weighted by Crippen LogP contribution is -2.60. The molecule has 96 heavy (non-hydrogen) atoms. The first-order valence-corrected chi connectivity index (χ1v) is 31.2. The summed E-state index contributed by atoms with van der Waals surface area (Å²) >= 11 is 0. The molecule has 0 saturated carbocycles. The monoisotopic (exact) mass is 1300 g/mol. The van der Waals surface area contributed by atoms with Gasteiger partial charge in [-0.25, -0.2) is 0 Å². The summed E-state index contributed by atoms with van der Waals surface area (Å²) in [7, 11) is 0. The van der Waals surface area contributed by atoms with Gasteiger partial charge in [-0.05, 0) is 159 Å². The van der Waals surface area contributed by atoms with Gasteiger partial charge in [-0.2, -0.15) is 0 Å². The van der Waals surface area contributed by atoms with Crippen molar-refractivity contribution >= 4 is 0 Å². The van der Waals surface area contributed by atoms with Crippen molar-refractivity contribution in [1.29, 1.82) is 0 Å². The van der Waals surface area contributed by atoms with Gasteiger partial charge in [0.05, 0.1) is 18.4 Å². The lowest BCUT2D eigenvalue weighted by Gasteiger charge is -2.39. The molecule has 20 nitrogen and oxygen atoms in total. The summed E-state index contributed by atoms with van der Waals surface area (Å²) in [5.41, 5.74) is 6.31. The van der Waals surface area contributed by atoms with Crippen molar-refractivity contribution in [3.63, 3.8) is 0 Å². The van der Waals surface area contributed by atoms with Crippen LogP contribution in [0.2, 0.25) is 0 Å². The van der Waals surface area contributed by atoms with E-state index in [0.717, 1.165) is 0 Å². The first-order chi connectivity index (χ1) is 46.2. The molecule has 0 aromatic heterocycles.